The van der Waals surface area contributed by atoms with Crippen LogP contribution >= 0.6 is 11.6 Å². The van der Waals surface area contributed by atoms with E-state index in [4.69, 9.17) is 21.1 Å². The van der Waals surface area contributed by atoms with E-state index in [-0.39, 0.29) is 12.2 Å². The molecule has 3 heteroatoms. The molecule has 88 valence electrons. The van der Waals surface area contributed by atoms with Crippen molar-refractivity contribution in [3.05, 3.63) is 35.9 Å². The van der Waals surface area contributed by atoms with Crippen molar-refractivity contribution in [1.29, 1.82) is 0 Å². The molecule has 0 spiro atoms. The smallest absolute Gasteiger partial charge is 0.0735 e. The third kappa shape index (κ3) is 3.48. The summed E-state index contributed by atoms with van der Waals surface area (Å²) >= 11 is 5.78. The summed E-state index contributed by atoms with van der Waals surface area (Å²) in [5.74, 6) is 0.561. The topological polar surface area (TPSA) is 18.5 Å². The highest BCUT2D eigenvalue weighted by Crippen LogP contribution is 2.19. The second-order valence-corrected chi connectivity index (χ2v) is 4.40. The van der Waals surface area contributed by atoms with Crippen LogP contribution in [0.5, 0.6) is 0 Å². The van der Waals surface area contributed by atoms with E-state index in [1.54, 1.807) is 0 Å². The summed E-state index contributed by atoms with van der Waals surface area (Å²) in [4.78, 5) is 0. The molecule has 0 N–H and O–H groups in total. The van der Waals surface area contributed by atoms with Gasteiger partial charge in [-0.15, -0.1) is 11.6 Å². The number of ether oxygens (including phenoxy) is 2. The Hall–Kier alpha value is -0.570. The molecule has 0 saturated carbocycles. The van der Waals surface area contributed by atoms with E-state index < -0.39 is 0 Å². The van der Waals surface area contributed by atoms with Gasteiger partial charge in [-0.1, -0.05) is 30.3 Å². The summed E-state index contributed by atoms with van der Waals surface area (Å²) in [6.45, 7) is 1.44. The van der Waals surface area contributed by atoms with Crippen LogP contribution in [0.4, 0.5) is 0 Å². The number of benzene rings is 1. The quantitative estimate of drug-likeness (QED) is 0.754. The van der Waals surface area contributed by atoms with Gasteiger partial charge >= 0.3 is 0 Å². The van der Waals surface area contributed by atoms with Crippen molar-refractivity contribution in [3.8, 4) is 0 Å². The molecule has 0 radical (unpaired) electrons. The molecule has 2 rings (SSSR count). The van der Waals surface area contributed by atoms with Gasteiger partial charge in [0.2, 0.25) is 0 Å². The minimum absolute atomic E-state index is 0.163. The van der Waals surface area contributed by atoms with Crippen molar-refractivity contribution < 1.29 is 9.47 Å². The van der Waals surface area contributed by atoms with Crippen LogP contribution in [0.1, 0.15) is 18.4 Å². The average Bonchev–Trinajstić information content (AvgIpc) is 2.38. The lowest BCUT2D eigenvalue weighted by atomic mass is 10.1. The third-order valence-electron chi connectivity index (χ3n) is 2.82. The van der Waals surface area contributed by atoms with Crippen molar-refractivity contribution in [2.75, 3.05) is 12.5 Å². The average molecular weight is 241 g/mol. The first kappa shape index (κ1) is 11.9. The minimum Gasteiger partial charge on any atom is -0.377 e. The molecule has 0 unspecified atom stereocenters. The molecule has 0 amide bonds. The molecule has 16 heavy (non-hydrogen) atoms. The van der Waals surface area contributed by atoms with Gasteiger partial charge in [-0.3, -0.25) is 0 Å². The van der Waals surface area contributed by atoms with E-state index in [1.165, 1.54) is 5.56 Å². The second kappa shape index (κ2) is 6.24. The molecule has 0 aromatic heterocycles. The monoisotopic (exact) mass is 240 g/mol. The normalized spacial score (nSPS) is 25.6. The minimum atomic E-state index is 0.163. The standard InChI is InChI=1S/C13H17ClO2/c14-9-13-8-12(6-7-15-13)16-10-11-4-2-1-3-5-11/h1-5,12-13H,6-10H2/t12-,13-/m0/s1. The Morgan fingerprint density at radius 2 is 2.12 bits per heavy atom. The van der Waals surface area contributed by atoms with Gasteiger partial charge in [-0.2, -0.15) is 0 Å². The van der Waals surface area contributed by atoms with Gasteiger partial charge < -0.3 is 9.47 Å². The Bertz CT molecular complexity index is 302. The first-order valence-electron chi connectivity index (χ1n) is 5.71. The molecule has 1 heterocycles. The molecule has 1 aliphatic rings. The van der Waals surface area contributed by atoms with E-state index in [1.807, 2.05) is 18.2 Å². The molecule has 1 aromatic carbocycles. The zero-order valence-corrected chi connectivity index (χ0v) is 10.0. The predicted molar refractivity (Wildman–Crippen MR) is 64.7 cm³/mol. The van der Waals surface area contributed by atoms with Gasteiger partial charge in [0, 0.05) is 18.9 Å². The van der Waals surface area contributed by atoms with Crippen molar-refractivity contribution in [2.24, 2.45) is 0 Å². The zero-order chi connectivity index (χ0) is 11.2. The van der Waals surface area contributed by atoms with E-state index >= 15 is 0 Å². The molecule has 1 saturated heterocycles. The summed E-state index contributed by atoms with van der Waals surface area (Å²) in [6.07, 6.45) is 2.34. The van der Waals surface area contributed by atoms with Crippen molar-refractivity contribution in [3.63, 3.8) is 0 Å². The van der Waals surface area contributed by atoms with Gasteiger partial charge in [0.15, 0.2) is 0 Å². The summed E-state index contributed by atoms with van der Waals surface area (Å²) in [6, 6.07) is 10.2. The van der Waals surface area contributed by atoms with E-state index in [0.717, 1.165) is 19.4 Å². The van der Waals surface area contributed by atoms with Gasteiger partial charge in [0.1, 0.15) is 0 Å². The molecule has 2 nitrogen and oxygen atoms in total. The molecular weight excluding hydrogens is 224 g/mol. The summed E-state index contributed by atoms with van der Waals surface area (Å²) in [5, 5.41) is 0. The maximum absolute atomic E-state index is 5.86. The molecule has 1 aromatic rings. The number of halogens is 1. The Labute approximate surface area is 102 Å². The summed E-state index contributed by atoms with van der Waals surface area (Å²) in [7, 11) is 0. The Morgan fingerprint density at radius 3 is 2.88 bits per heavy atom. The van der Waals surface area contributed by atoms with Crippen molar-refractivity contribution >= 4 is 11.6 Å². The third-order valence-corrected chi connectivity index (χ3v) is 3.16. The second-order valence-electron chi connectivity index (χ2n) is 4.09. The van der Waals surface area contributed by atoms with Crippen LogP contribution in [-0.2, 0) is 16.1 Å². The zero-order valence-electron chi connectivity index (χ0n) is 9.27. The first-order valence-corrected chi connectivity index (χ1v) is 6.25. The van der Waals surface area contributed by atoms with Crippen molar-refractivity contribution in [1.82, 2.24) is 0 Å². The maximum atomic E-state index is 5.86. The Kier molecular flexibility index (Phi) is 4.64. The fourth-order valence-electron chi connectivity index (χ4n) is 1.89. The van der Waals surface area contributed by atoms with Gasteiger partial charge in [0.05, 0.1) is 18.8 Å². The lowest BCUT2D eigenvalue weighted by Gasteiger charge is -2.28. The van der Waals surface area contributed by atoms with E-state index in [9.17, 15) is 0 Å². The largest absolute Gasteiger partial charge is 0.377 e. The van der Waals surface area contributed by atoms with Crippen LogP contribution in [0.15, 0.2) is 30.3 Å². The van der Waals surface area contributed by atoms with Gasteiger partial charge in [-0.25, -0.2) is 0 Å². The SMILES string of the molecule is ClC[C@@H]1C[C@@H](OCc2ccccc2)CCO1. The summed E-state index contributed by atoms with van der Waals surface area (Å²) < 4.78 is 11.4. The van der Waals surface area contributed by atoms with E-state index in [0.29, 0.717) is 12.5 Å². The van der Waals surface area contributed by atoms with Gasteiger partial charge in [-0.05, 0) is 12.0 Å². The van der Waals surface area contributed by atoms with Crippen LogP contribution in [0.2, 0.25) is 0 Å². The van der Waals surface area contributed by atoms with Gasteiger partial charge in [0.25, 0.3) is 0 Å². The fraction of sp³-hybridized carbons (Fsp3) is 0.538. The lowest BCUT2D eigenvalue weighted by molar-refractivity contribution is -0.0700. The number of hydrogen-bond acceptors (Lipinski definition) is 2. The molecule has 2 atom stereocenters. The Balaban J connectivity index is 1.77. The van der Waals surface area contributed by atoms with Crippen LogP contribution < -0.4 is 0 Å². The lowest BCUT2D eigenvalue weighted by Crippen LogP contribution is -2.31. The van der Waals surface area contributed by atoms with Crippen LogP contribution in [0.3, 0.4) is 0 Å². The fourth-order valence-corrected chi connectivity index (χ4v) is 2.11. The Morgan fingerprint density at radius 1 is 1.31 bits per heavy atom. The highest BCUT2D eigenvalue weighted by atomic mass is 35.5. The molecule has 1 fully saturated rings. The number of hydrogen-bond donors (Lipinski definition) is 0. The highest BCUT2D eigenvalue weighted by molar-refractivity contribution is 6.18. The van der Waals surface area contributed by atoms with E-state index in [2.05, 4.69) is 12.1 Å². The number of alkyl halides is 1. The maximum Gasteiger partial charge on any atom is 0.0735 e. The number of rotatable bonds is 4. The highest BCUT2D eigenvalue weighted by Gasteiger charge is 2.22. The van der Waals surface area contributed by atoms with Crippen LogP contribution in [0.25, 0.3) is 0 Å². The summed E-state index contributed by atoms with van der Waals surface area (Å²) in [5.41, 5.74) is 1.22. The molecule has 0 aliphatic carbocycles. The van der Waals surface area contributed by atoms with Crippen LogP contribution in [-0.4, -0.2) is 24.7 Å². The van der Waals surface area contributed by atoms with Crippen LogP contribution in [0, 0.1) is 0 Å². The first-order chi connectivity index (χ1) is 7.88. The molecule has 0 bridgehead atoms. The predicted octanol–water partition coefficient (Wildman–Crippen LogP) is 2.99. The molecular formula is C13H17ClO2. The molecule has 1 aliphatic heterocycles. The van der Waals surface area contributed by atoms with Crippen molar-refractivity contribution in [2.45, 2.75) is 31.7 Å².